The van der Waals surface area contributed by atoms with Crippen LogP contribution in [-0.4, -0.2) is 0 Å². The van der Waals surface area contributed by atoms with Gasteiger partial charge in [-0.05, 0) is 41.1 Å². The lowest BCUT2D eigenvalue weighted by Crippen LogP contribution is -1.96. The Morgan fingerprint density at radius 2 is 1.90 bits per heavy atom. The molecule has 0 fully saturated rings. The molecule has 1 N–H and O–H groups in total. The van der Waals surface area contributed by atoms with E-state index in [4.69, 9.17) is 23.2 Å². The summed E-state index contributed by atoms with van der Waals surface area (Å²) in [7, 11) is 0. The molecule has 0 radical (unpaired) electrons. The average Bonchev–Trinajstić information content (AvgIpc) is 3.09. The number of benzene rings is 1. The number of nitrogens with one attached hydrogen (secondary N) is 1. The molecule has 0 aliphatic rings. The van der Waals surface area contributed by atoms with Crippen LogP contribution in [0.25, 0.3) is 10.4 Å². The zero-order valence-corrected chi connectivity index (χ0v) is 13.5. The van der Waals surface area contributed by atoms with Crippen LogP contribution in [0.1, 0.15) is 4.88 Å². The monoisotopic (exact) mass is 339 g/mol. The van der Waals surface area contributed by atoms with Gasteiger partial charge in [0.1, 0.15) is 0 Å². The van der Waals surface area contributed by atoms with Crippen molar-refractivity contribution >= 4 is 51.6 Å². The van der Waals surface area contributed by atoms with Crippen LogP contribution in [0.3, 0.4) is 0 Å². The van der Waals surface area contributed by atoms with Gasteiger partial charge < -0.3 is 5.32 Å². The van der Waals surface area contributed by atoms with Gasteiger partial charge in [0.2, 0.25) is 0 Å². The number of hydrogen-bond acceptors (Lipinski definition) is 3. The Morgan fingerprint density at radius 1 is 1.00 bits per heavy atom. The van der Waals surface area contributed by atoms with Crippen molar-refractivity contribution in [3.63, 3.8) is 0 Å². The highest BCUT2D eigenvalue weighted by atomic mass is 35.5. The van der Waals surface area contributed by atoms with E-state index in [0.29, 0.717) is 10.0 Å². The van der Waals surface area contributed by atoms with Crippen molar-refractivity contribution < 1.29 is 0 Å². The minimum Gasteiger partial charge on any atom is -0.380 e. The second-order valence-corrected chi connectivity index (χ2v) is 7.02. The Morgan fingerprint density at radius 3 is 2.65 bits per heavy atom. The largest absolute Gasteiger partial charge is 0.380 e. The van der Waals surface area contributed by atoms with Gasteiger partial charge >= 0.3 is 0 Å². The van der Waals surface area contributed by atoms with Crippen molar-refractivity contribution in [1.29, 1.82) is 0 Å². The SMILES string of the molecule is Clc1ccc(NCc2cc(-c3cccs3)cs2)cc1Cl. The minimum absolute atomic E-state index is 0.571. The summed E-state index contributed by atoms with van der Waals surface area (Å²) in [5.41, 5.74) is 2.27. The van der Waals surface area contributed by atoms with E-state index in [0.717, 1.165) is 12.2 Å². The molecule has 0 amide bonds. The summed E-state index contributed by atoms with van der Waals surface area (Å²) in [4.78, 5) is 2.60. The standard InChI is InChI=1S/C15H11Cl2NS2/c16-13-4-3-11(7-14(13)17)18-8-12-6-10(9-20-12)15-2-1-5-19-15/h1-7,9,18H,8H2. The maximum absolute atomic E-state index is 6.00. The molecule has 0 unspecified atom stereocenters. The molecule has 2 aromatic heterocycles. The number of rotatable bonds is 4. The molecule has 102 valence electrons. The van der Waals surface area contributed by atoms with E-state index in [-0.39, 0.29) is 0 Å². The van der Waals surface area contributed by atoms with Crippen molar-refractivity contribution in [1.82, 2.24) is 0 Å². The number of thiophene rings is 2. The van der Waals surface area contributed by atoms with Gasteiger partial charge in [0.15, 0.2) is 0 Å². The molecule has 0 bridgehead atoms. The first-order valence-corrected chi connectivity index (χ1v) is 8.54. The molecule has 1 aromatic carbocycles. The van der Waals surface area contributed by atoms with Crippen LogP contribution in [0.5, 0.6) is 0 Å². The summed E-state index contributed by atoms with van der Waals surface area (Å²) in [6, 6.07) is 12.0. The first-order chi connectivity index (χ1) is 9.72. The number of anilines is 1. The van der Waals surface area contributed by atoms with Crippen molar-refractivity contribution in [2.24, 2.45) is 0 Å². The Labute approximate surface area is 135 Å². The predicted molar refractivity (Wildman–Crippen MR) is 91.4 cm³/mol. The van der Waals surface area contributed by atoms with Crippen molar-refractivity contribution in [2.75, 3.05) is 5.32 Å². The van der Waals surface area contributed by atoms with Gasteiger partial charge in [-0.3, -0.25) is 0 Å². The van der Waals surface area contributed by atoms with Crippen LogP contribution in [-0.2, 0) is 6.54 Å². The summed E-state index contributed by atoms with van der Waals surface area (Å²) >= 11 is 15.4. The molecule has 3 rings (SSSR count). The topological polar surface area (TPSA) is 12.0 Å². The second-order valence-electron chi connectivity index (χ2n) is 4.26. The molecule has 3 aromatic rings. The molecular formula is C15H11Cl2NS2. The quantitative estimate of drug-likeness (QED) is 0.580. The molecule has 2 heterocycles. The first kappa shape index (κ1) is 14.0. The summed E-state index contributed by atoms with van der Waals surface area (Å²) < 4.78 is 0. The predicted octanol–water partition coefficient (Wildman–Crippen LogP) is 6.40. The van der Waals surface area contributed by atoms with E-state index in [2.05, 4.69) is 34.3 Å². The molecular weight excluding hydrogens is 329 g/mol. The van der Waals surface area contributed by atoms with Crippen LogP contribution < -0.4 is 5.32 Å². The lowest BCUT2D eigenvalue weighted by Gasteiger charge is -2.05. The number of hydrogen-bond donors (Lipinski definition) is 1. The maximum Gasteiger partial charge on any atom is 0.0612 e. The van der Waals surface area contributed by atoms with Crippen LogP contribution in [0, 0.1) is 0 Å². The van der Waals surface area contributed by atoms with Gasteiger partial charge in [0, 0.05) is 27.5 Å². The van der Waals surface area contributed by atoms with E-state index in [1.807, 2.05) is 12.1 Å². The molecule has 0 saturated heterocycles. The highest BCUT2D eigenvalue weighted by molar-refractivity contribution is 7.14. The van der Waals surface area contributed by atoms with Crippen LogP contribution >= 0.6 is 45.9 Å². The summed E-state index contributed by atoms with van der Waals surface area (Å²) in [5.74, 6) is 0. The van der Waals surface area contributed by atoms with Crippen molar-refractivity contribution in [2.45, 2.75) is 6.54 Å². The lowest BCUT2D eigenvalue weighted by molar-refractivity contribution is 1.19. The van der Waals surface area contributed by atoms with E-state index in [9.17, 15) is 0 Å². The smallest absolute Gasteiger partial charge is 0.0612 e. The number of halogens is 2. The van der Waals surface area contributed by atoms with E-state index in [1.165, 1.54) is 15.3 Å². The second kappa shape index (κ2) is 6.19. The zero-order chi connectivity index (χ0) is 13.9. The van der Waals surface area contributed by atoms with E-state index < -0.39 is 0 Å². The maximum atomic E-state index is 6.00. The van der Waals surface area contributed by atoms with E-state index >= 15 is 0 Å². The molecule has 0 saturated carbocycles. The van der Waals surface area contributed by atoms with Gasteiger partial charge in [0.05, 0.1) is 10.0 Å². The lowest BCUT2D eigenvalue weighted by atomic mass is 10.2. The summed E-state index contributed by atoms with van der Waals surface area (Å²) in [6.45, 7) is 0.786. The molecule has 0 spiro atoms. The average molecular weight is 340 g/mol. The van der Waals surface area contributed by atoms with Crippen LogP contribution in [0.2, 0.25) is 10.0 Å². The highest BCUT2D eigenvalue weighted by Gasteiger charge is 2.04. The van der Waals surface area contributed by atoms with Crippen molar-refractivity contribution in [3.8, 4) is 10.4 Å². The first-order valence-electron chi connectivity index (χ1n) is 6.02. The van der Waals surface area contributed by atoms with Gasteiger partial charge in [0.25, 0.3) is 0 Å². The van der Waals surface area contributed by atoms with Crippen LogP contribution in [0.15, 0.2) is 47.2 Å². The zero-order valence-electron chi connectivity index (χ0n) is 10.4. The normalized spacial score (nSPS) is 10.7. The fourth-order valence-electron chi connectivity index (χ4n) is 1.84. The van der Waals surface area contributed by atoms with Crippen molar-refractivity contribution in [3.05, 3.63) is 62.1 Å². The third kappa shape index (κ3) is 3.18. The van der Waals surface area contributed by atoms with E-state index in [1.54, 1.807) is 28.7 Å². The third-order valence-electron chi connectivity index (χ3n) is 2.85. The van der Waals surface area contributed by atoms with Gasteiger partial charge in [-0.2, -0.15) is 0 Å². The fourth-order valence-corrected chi connectivity index (χ4v) is 3.75. The van der Waals surface area contributed by atoms with Gasteiger partial charge in [-0.1, -0.05) is 29.3 Å². The van der Waals surface area contributed by atoms with Gasteiger partial charge in [-0.25, -0.2) is 0 Å². The Kier molecular flexibility index (Phi) is 4.32. The Balaban J connectivity index is 1.68. The van der Waals surface area contributed by atoms with Crippen LogP contribution in [0.4, 0.5) is 5.69 Å². The molecule has 5 heteroatoms. The summed E-state index contributed by atoms with van der Waals surface area (Å²) in [5, 5.41) is 8.80. The molecule has 0 atom stereocenters. The molecule has 0 aliphatic heterocycles. The third-order valence-corrected chi connectivity index (χ3v) is 5.44. The highest BCUT2D eigenvalue weighted by Crippen LogP contribution is 2.30. The van der Waals surface area contributed by atoms with Gasteiger partial charge in [-0.15, -0.1) is 22.7 Å². The Hall–Kier alpha value is -1.00. The minimum atomic E-state index is 0.571. The Bertz CT molecular complexity index is 704. The summed E-state index contributed by atoms with van der Waals surface area (Å²) in [6.07, 6.45) is 0. The molecule has 1 nitrogen and oxygen atoms in total. The fraction of sp³-hybridized carbons (Fsp3) is 0.0667. The molecule has 20 heavy (non-hydrogen) atoms. The molecule has 0 aliphatic carbocycles.